The highest BCUT2D eigenvalue weighted by molar-refractivity contribution is 5.72. The lowest BCUT2D eigenvalue weighted by atomic mass is 9.92. The van der Waals surface area contributed by atoms with Gasteiger partial charge in [0.1, 0.15) is 5.60 Å². The second kappa shape index (κ2) is 3.34. The standard InChI is InChI=1S/C12H18O3/c1-4-11(2)7-5-9(14-11)12(3)8-6-10(13)15-12/h4,9H,1,5-8H2,2-3H3/t9-,11-,12-/m0/s1. The fraction of sp³-hybridized carbons (Fsp3) is 0.750. The molecule has 0 N–H and O–H groups in total. The summed E-state index contributed by atoms with van der Waals surface area (Å²) in [4.78, 5) is 11.1. The third-order valence-corrected chi connectivity index (χ3v) is 3.60. The lowest BCUT2D eigenvalue weighted by Crippen LogP contribution is -2.40. The summed E-state index contributed by atoms with van der Waals surface area (Å²) in [5.41, 5.74) is -0.666. The van der Waals surface area contributed by atoms with Gasteiger partial charge in [0.05, 0.1) is 11.7 Å². The molecular weight excluding hydrogens is 192 g/mol. The van der Waals surface area contributed by atoms with Gasteiger partial charge in [-0.05, 0) is 33.1 Å². The molecule has 2 heterocycles. The number of hydrogen-bond acceptors (Lipinski definition) is 3. The van der Waals surface area contributed by atoms with E-state index >= 15 is 0 Å². The van der Waals surface area contributed by atoms with Crippen LogP contribution in [0, 0.1) is 0 Å². The van der Waals surface area contributed by atoms with E-state index < -0.39 is 5.60 Å². The zero-order chi connectivity index (χ0) is 11.1. The van der Waals surface area contributed by atoms with Gasteiger partial charge < -0.3 is 9.47 Å². The summed E-state index contributed by atoms with van der Waals surface area (Å²) in [5, 5.41) is 0. The third kappa shape index (κ3) is 1.81. The van der Waals surface area contributed by atoms with Gasteiger partial charge in [-0.15, -0.1) is 6.58 Å². The molecule has 3 atom stereocenters. The number of cyclic esters (lactones) is 1. The molecule has 0 unspecified atom stereocenters. The van der Waals surface area contributed by atoms with Crippen molar-refractivity contribution < 1.29 is 14.3 Å². The summed E-state index contributed by atoms with van der Waals surface area (Å²) in [7, 11) is 0. The van der Waals surface area contributed by atoms with Gasteiger partial charge in [-0.1, -0.05) is 6.08 Å². The Labute approximate surface area is 90.4 Å². The third-order valence-electron chi connectivity index (χ3n) is 3.60. The van der Waals surface area contributed by atoms with Crippen LogP contribution in [0.25, 0.3) is 0 Å². The Kier molecular flexibility index (Phi) is 2.38. The molecule has 0 amide bonds. The molecule has 2 aliphatic heterocycles. The maximum atomic E-state index is 11.1. The molecule has 0 aliphatic carbocycles. The largest absolute Gasteiger partial charge is 0.457 e. The molecule has 0 radical (unpaired) electrons. The predicted octanol–water partition coefficient (Wildman–Crippen LogP) is 2.21. The summed E-state index contributed by atoms with van der Waals surface area (Å²) in [6.07, 6.45) is 5.03. The molecule has 0 aromatic rings. The number of esters is 1. The van der Waals surface area contributed by atoms with E-state index in [2.05, 4.69) is 6.58 Å². The highest BCUT2D eigenvalue weighted by Gasteiger charge is 2.49. The monoisotopic (exact) mass is 210 g/mol. The molecule has 0 spiro atoms. The molecule has 2 rings (SSSR count). The van der Waals surface area contributed by atoms with Crippen LogP contribution < -0.4 is 0 Å². The number of hydrogen-bond donors (Lipinski definition) is 0. The van der Waals surface area contributed by atoms with Crippen LogP contribution >= 0.6 is 0 Å². The van der Waals surface area contributed by atoms with Gasteiger partial charge in [0, 0.05) is 6.42 Å². The fourth-order valence-corrected chi connectivity index (χ4v) is 2.38. The first-order valence-corrected chi connectivity index (χ1v) is 5.51. The average Bonchev–Trinajstić information content (AvgIpc) is 2.73. The van der Waals surface area contributed by atoms with E-state index in [9.17, 15) is 4.79 Å². The Morgan fingerprint density at radius 1 is 1.47 bits per heavy atom. The first-order valence-electron chi connectivity index (χ1n) is 5.51. The Morgan fingerprint density at radius 2 is 2.20 bits per heavy atom. The number of rotatable bonds is 2. The summed E-state index contributed by atoms with van der Waals surface area (Å²) < 4.78 is 11.3. The van der Waals surface area contributed by atoms with Crippen LogP contribution in [0.4, 0.5) is 0 Å². The summed E-state index contributed by atoms with van der Waals surface area (Å²) in [6.45, 7) is 7.78. The Balaban J connectivity index is 2.07. The van der Waals surface area contributed by atoms with Gasteiger partial charge in [-0.3, -0.25) is 4.79 Å². The zero-order valence-electron chi connectivity index (χ0n) is 9.41. The topological polar surface area (TPSA) is 35.5 Å². The van der Waals surface area contributed by atoms with Gasteiger partial charge in [0.2, 0.25) is 0 Å². The van der Waals surface area contributed by atoms with E-state index in [0.29, 0.717) is 6.42 Å². The van der Waals surface area contributed by atoms with Crippen molar-refractivity contribution in [3.63, 3.8) is 0 Å². The lowest BCUT2D eigenvalue weighted by molar-refractivity contribution is -0.162. The van der Waals surface area contributed by atoms with Crippen LogP contribution in [0.1, 0.15) is 39.5 Å². The second-order valence-corrected chi connectivity index (χ2v) is 4.95. The van der Waals surface area contributed by atoms with Crippen molar-refractivity contribution in [1.82, 2.24) is 0 Å². The maximum absolute atomic E-state index is 11.1. The first-order chi connectivity index (χ1) is 6.97. The van der Waals surface area contributed by atoms with Gasteiger partial charge >= 0.3 is 5.97 Å². The van der Waals surface area contributed by atoms with Crippen molar-refractivity contribution in [3.8, 4) is 0 Å². The number of ether oxygens (including phenoxy) is 2. The van der Waals surface area contributed by atoms with Gasteiger partial charge in [0.15, 0.2) is 0 Å². The zero-order valence-corrected chi connectivity index (χ0v) is 9.41. The van der Waals surface area contributed by atoms with Gasteiger partial charge in [-0.25, -0.2) is 0 Å². The molecule has 2 aliphatic rings. The van der Waals surface area contributed by atoms with E-state index in [1.807, 2.05) is 19.9 Å². The van der Waals surface area contributed by atoms with Crippen molar-refractivity contribution in [2.24, 2.45) is 0 Å². The van der Waals surface area contributed by atoms with Crippen LogP contribution in [0.2, 0.25) is 0 Å². The molecule has 3 heteroatoms. The Morgan fingerprint density at radius 3 is 2.67 bits per heavy atom. The van der Waals surface area contributed by atoms with Crippen LogP contribution in [-0.4, -0.2) is 23.3 Å². The van der Waals surface area contributed by atoms with Crippen LogP contribution in [0.15, 0.2) is 12.7 Å². The first kappa shape index (κ1) is 10.7. The quantitative estimate of drug-likeness (QED) is 0.518. The molecule has 0 bridgehead atoms. The normalized spacial score (nSPS) is 45.5. The van der Waals surface area contributed by atoms with Gasteiger partial charge in [0.25, 0.3) is 0 Å². The minimum Gasteiger partial charge on any atom is -0.457 e. The fourth-order valence-electron chi connectivity index (χ4n) is 2.38. The lowest BCUT2D eigenvalue weighted by Gasteiger charge is -2.31. The molecule has 0 saturated carbocycles. The van der Waals surface area contributed by atoms with E-state index in [1.54, 1.807) is 0 Å². The smallest absolute Gasteiger partial charge is 0.306 e. The molecule has 0 aromatic heterocycles. The summed E-state index contributed by atoms with van der Waals surface area (Å²) in [5.74, 6) is -0.103. The average molecular weight is 210 g/mol. The molecular formula is C12H18O3. The maximum Gasteiger partial charge on any atom is 0.306 e. The molecule has 0 aromatic carbocycles. The summed E-state index contributed by atoms with van der Waals surface area (Å²) in [6, 6.07) is 0. The molecule has 84 valence electrons. The van der Waals surface area contributed by atoms with Crippen LogP contribution in [-0.2, 0) is 14.3 Å². The van der Waals surface area contributed by atoms with E-state index in [1.165, 1.54) is 0 Å². The van der Waals surface area contributed by atoms with Crippen molar-refractivity contribution in [2.45, 2.75) is 56.8 Å². The molecule has 2 saturated heterocycles. The molecule has 15 heavy (non-hydrogen) atoms. The summed E-state index contributed by atoms with van der Waals surface area (Å²) >= 11 is 0. The van der Waals surface area contributed by atoms with Crippen LogP contribution in [0.5, 0.6) is 0 Å². The SMILES string of the molecule is C=C[C@@]1(C)CC[C@@H]([C@]2(C)CCC(=O)O2)O1. The van der Waals surface area contributed by atoms with Crippen molar-refractivity contribution in [1.29, 1.82) is 0 Å². The minimum absolute atomic E-state index is 0.0203. The van der Waals surface area contributed by atoms with E-state index in [0.717, 1.165) is 19.3 Å². The van der Waals surface area contributed by atoms with E-state index in [4.69, 9.17) is 9.47 Å². The van der Waals surface area contributed by atoms with Gasteiger partial charge in [-0.2, -0.15) is 0 Å². The van der Waals surface area contributed by atoms with Crippen LogP contribution in [0.3, 0.4) is 0 Å². The molecule has 3 nitrogen and oxygen atoms in total. The van der Waals surface area contributed by atoms with E-state index in [-0.39, 0.29) is 17.7 Å². The van der Waals surface area contributed by atoms with Crippen molar-refractivity contribution in [2.75, 3.05) is 0 Å². The molecule has 2 fully saturated rings. The Bertz CT molecular complexity index is 299. The van der Waals surface area contributed by atoms with Crippen molar-refractivity contribution in [3.05, 3.63) is 12.7 Å². The number of carbonyl (C=O) groups excluding carboxylic acids is 1. The predicted molar refractivity (Wildman–Crippen MR) is 56.4 cm³/mol. The minimum atomic E-state index is -0.419. The second-order valence-electron chi connectivity index (χ2n) is 4.95. The highest BCUT2D eigenvalue weighted by Crippen LogP contribution is 2.41. The highest BCUT2D eigenvalue weighted by atomic mass is 16.6. The number of carbonyl (C=O) groups is 1. The van der Waals surface area contributed by atoms with Crippen molar-refractivity contribution >= 4 is 5.97 Å². The Hall–Kier alpha value is -0.830.